The van der Waals surface area contributed by atoms with E-state index in [9.17, 15) is 4.79 Å². The zero-order chi connectivity index (χ0) is 19.2. The van der Waals surface area contributed by atoms with E-state index in [-0.39, 0.29) is 17.7 Å². The van der Waals surface area contributed by atoms with Gasteiger partial charge in [0.15, 0.2) is 0 Å². The fraction of sp³-hybridized carbons (Fsp3) is 0.435. The van der Waals surface area contributed by atoms with E-state index in [0.29, 0.717) is 0 Å². The van der Waals surface area contributed by atoms with Crippen LogP contribution in [0.4, 0.5) is 11.4 Å². The Labute approximate surface area is 162 Å². The maximum atomic E-state index is 12.9. The minimum atomic E-state index is -0.0494. The summed E-state index contributed by atoms with van der Waals surface area (Å²) in [7, 11) is 0. The Morgan fingerprint density at radius 2 is 1.81 bits per heavy atom. The molecule has 4 nitrogen and oxygen atoms in total. The molecule has 1 aliphatic rings. The Kier molecular flexibility index (Phi) is 6.51. The van der Waals surface area contributed by atoms with Crippen molar-refractivity contribution in [2.75, 3.05) is 36.5 Å². The molecule has 1 N–H and O–H groups in total. The van der Waals surface area contributed by atoms with Crippen LogP contribution in [0.3, 0.4) is 0 Å². The van der Waals surface area contributed by atoms with E-state index in [1.54, 1.807) is 0 Å². The topological polar surface area (TPSA) is 41.6 Å². The average Bonchev–Trinajstić information content (AvgIpc) is 2.67. The molecule has 0 aliphatic carbocycles. The van der Waals surface area contributed by atoms with E-state index >= 15 is 0 Å². The lowest BCUT2D eigenvalue weighted by molar-refractivity contribution is -0.121. The van der Waals surface area contributed by atoms with Gasteiger partial charge in [0, 0.05) is 30.4 Å². The van der Waals surface area contributed by atoms with Gasteiger partial charge in [-0.2, -0.15) is 0 Å². The Hall–Kier alpha value is -2.33. The summed E-state index contributed by atoms with van der Waals surface area (Å²) in [6.45, 7) is 9.70. The molecule has 3 rings (SSSR count). The molecule has 1 atom stereocenters. The second-order valence-corrected chi connectivity index (χ2v) is 7.63. The number of rotatable bonds is 6. The average molecular weight is 367 g/mol. The van der Waals surface area contributed by atoms with Crippen LogP contribution in [0.25, 0.3) is 0 Å². The van der Waals surface area contributed by atoms with Gasteiger partial charge in [-0.3, -0.25) is 4.79 Å². The molecule has 0 bridgehead atoms. The van der Waals surface area contributed by atoms with Crippen molar-refractivity contribution in [3.63, 3.8) is 0 Å². The van der Waals surface area contributed by atoms with Crippen molar-refractivity contribution in [2.24, 2.45) is 11.8 Å². The second kappa shape index (κ2) is 9.05. The number of aryl methyl sites for hydroxylation is 1. The molecule has 2 aromatic carbocycles. The first-order valence-electron chi connectivity index (χ1n) is 9.82. The van der Waals surface area contributed by atoms with Gasteiger partial charge in [0.2, 0.25) is 5.91 Å². The van der Waals surface area contributed by atoms with E-state index in [1.807, 2.05) is 24.3 Å². The van der Waals surface area contributed by atoms with Crippen LogP contribution in [0.5, 0.6) is 0 Å². The van der Waals surface area contributed by atoms with Gasteiger partial charge in [0.1, 0.15) is 0 Å². The van der Waals surface area contributed by atoms with E-state index in [1.165, 1.54) is 16.8 Å². The monoisotopic (exact) mass is 366 g/mol. The van der Waals surface area contributed by atoms with Gasteiger partial charge < -0.3 is 15.0 Å². The summed E-state index contributed by atoms with van der Waals surface area (Å²) in [5.74, 6) is 0.318. The maximum Gasteiger partial charge on any atom is 0.228 e. The first kappa shape index (κ1) is 19.4. The highest BCUT2D eigenvalue weighted by Crippen LogP contribution is 2.26. The van der Waals surface area contributed by atoms with E-state index in [4.69, 9.17) is 4.74 Å². The van der Waals surface area contributed by atoms with Gasteiger partial charge in [-0.25, -0.2) is 0 Å². The fourth-order valence-corrected chi connectivity index (χ4v) is 3.63. The van der Waals surface area contributed by atoms with Gasteiger partial charge in [-0.1, -0.05) is 44.2 Å². The lowest BCUT2D eigenvalue weighted by Gasteiger charge is -2.30. The summed E-state index contributed by atoms with van der Waals surface area (Å²) in [5, 5.41) is 3.13. The number of nitrogens with zero attached hydrogens (tertiary/aromatic N) is 1. The Morgan fingerprint density at radius 3 is 2.44 bits per heavy atom. The predicted octanol–water partition coefficient (Wildman–Crippen LogP) is 4.29. The fourth-order valence-electron chi connectivity index (χ4n) is 3.63. The first-order chi connectivity index (χ1) is 13.0. The zero-order valence-corrected chi connectivity index (χ0v) is 16.6. The molecule has 0 saturated carbocycles. The smallest absolute Gasteiger partial charge is 0.228 e. The first-order valence-corrected chi connectivity index (χ1v) is 9.82. The summed E-state index contributed by atoms with van der Waals surface area (Å²) in [5.41, 5.74) is 4.47. The molecular formula is C23H30N2O2. The van der Waals surface area contributed by atoms with Crippen molar-refractivity contribution in [3.8, 4) is 0 Å². The normalized spacial score (nSPS) is 15.6. The van der Waals surface area contributed by atoms with Crippen LogP contribution in [0, 0.1) is 18.8 Å². The predicted molar refractivity (Wildman–Crippen MR) is 111 cm³/mol. The van der Waals surface area contributed by atoms with E-state index < -0.39 is 0 Å². The number of anilines is 2. The molecule has 1 aliphatic heterocycles. The van der Waals surface area contributed by atoms with Gasteiger partial charge in [0.05, 0.1) is 13.2 Å². The zero-order valence-electron chi connectivity index (χ0n) is 16.6. The number of hydrogen-bond donors (Lipinski definition) is 1. The molecule has 4 heteroatoms. The summed E-state index contributed by atoms with van der Waals surface area (Å²) in [6, 6.07) is 16.4. The lowest BCUT2D eigenvalue weighted by atomic mass is 9.88. The third-order valence-corrected chi connectivity index (χ3v) is 5.26. The summed E-state index contributed by atoms with van der Waals surface area (Å²) in [4.78, 5) is 15.3. The number of amides is 1. The third kappa shape index (κ3) is 5.10. The molecule has 0 radical (unpaired) electrons. The number of morpholine rings is 1. The molecular weight excluding hydrogens is 336 g/mol. The summed E-state index contributed by atoms with van der Waals surface area (Å²) < 4.78 is 5.44. The Morgan fingerprint density at radius 1 is 1.11 bits per heavy atom. The van der Waals surface area contributed by atoms with Crippen LogP contribution < -0.4 is 10.2 Å². The van der Waals surface area contributed by atoms with Gasteiger partial charge in [-0.05, 0) is 48.6 Å². The maximum absolute atomic E-state index is 12.9. The number of ether oxygens (including phenoxy) is 1. The number of carbonyl (C=O) groups is 1. The van der Waals surface area contributed by atoms with Crippen molar-refractivity contribution in [3.05, 3.63) is 59.7 Å². The van der Waals surface area contributed by atoms with Gasteiger partial charge >= 0.3 is 0 Å². The van der Waals surface area contributed by atoms with Crippen LogP contribution in [0.2, 0.25) is 0 Å². The highest BCUT2D eigenvalue weighted by molar-refractivity contribution is 5.93. The Balaban J connectivity index is 1.69. The molecule has 144 valence electrons. The molecule has 27 heavy (non-hydrogen) atoms. The number of nitrogens with one attached hydrogen (secondary N) is 1. The lowest BCUT2D eigenvalue weighted by Crippen LogP contribution is -2.36. The minimum Gasteiger partial charge on any atom is -0.378 e. The van der Waals surface area contributed by atoms with Gasteiger partial charge in [0.25, 0.3) is 0 Å². The van der Waals surface area contributed by atoms with Crippen LogP contribution in [0.1, 0.15) is 25.0 Å². The van der Waals surface area contributed by atoms with Crippen molar-refractivity contribution >= 4 is 17.3 Å². The van der Waals surface area contributed by atoms with Crippen LogP contribution >= 0.6 is 0 Å². The summed E-state index contributed by atoms with van der Waals surface area (Å²) in [6.07, 6.45) is 0.759. The van der Waals surface area contributed by atoms with Crippen molar-refractivity contribution < 1.29 is 9.53 Å². The van der Waals surface area contributed by atoms with Crippen molar-refractivity contribution in [2.45, 2.75) is 27.2 Å². The van der Waals surface area contributed by atoms with Crippen LogP contribution in [-0.2, 0) is 16.0 Å². The standard InChI is InChI=1S/C23H30N2O2/c1-17(2)21(16-19-7-5-4-6-8-19)23(26)24-20-9-10-22(18(3)15-20)25-11-13-27-14-12-25/h4-10,15,17,21H,11-14,16H2,1-3H3,(H,24,26)/t21-/m1/s1. The highest BCUT2D eigenvalue weighted by atomic mass is 16.5. The SMILES string of the molecule is Cc1cc(NC(=O)[C@H](Cc2ccccc2)C(C)C)ccc1N1CCOCC1. The molecule has 1 fully saturated rings. The molecule has 2 aromatic rings. The third-order valence-electron chi connectivity index (χ3n) is 5.26. The van der Waals surface area contributed by atoms with Crippen molar-refractivity contribution in [1.29, 1.82) is 0 Å². The quantitative estimate of drug-likeness (QED) is 0.829. The Bertz CT molecular complexity index is 752. The number of hydrogen-bond acceptors (Lipinski definition) is 3. The minimum absolute atomic E-state index is 0.0494. The molecule has 0 spiro atoms. The highest BCUT2D eigenvalue weighted by Gasteiger charge is 2.23. The molecule has 0 unspecified atom stereocenters. The van der Waals surface area contributed by atoms with Crippen molar-refractivity contribution in [1.82, 2.24) is 0 Å². The summed E-state index contributed by atoms with van der Waals surface area (Å²) >= 11 is 0. The molecule has 1 heterocycles. The second-order valence-electron chi connectivity index (χ2n) is 7.63. The largest absolute Gasteiger partial charge is 0.378 e. The van der Waals surface area contributed by atoms with Crippen LogP contribution in [-0.4, -0.2) is 32.2 Å². The van der Waals surface area contributed by atoms with Gasteiger partial charge in [-0.15, -0.1) is 0 Å². The number of benzene rings is 2. The van der Waals surface area contributed by atoms with E-state index in [2.05, 4.69) is 55.3 Å². The molecule has 1 amide bonds. The van der Waals surface area contributed by atoms with E-state index in [0.717, 1.165) is 38.4 Å². The number of carbonyl (C=O) groups excluding carboxylic acids is 1. The van der Waals surface area contributed by atoms with Crippen LogP contribution in [0.15, 0.2) is 48.5 Å². The molecule has 1 saturated heterocycles. The molecule has 0 aromatic heterocycles.